The zero-order valence-corrected chi connectivity index (χ0v) is 26.6. The van der Waals surface area contributed by atoms with Crippen LogP contribution in [-0.2, 0) is 27.5 Å². The molecule has 2 aliphatic heterocycles. The largest absolute Gasteiger partial charge is 0.416 e. The van der Waals surface area contributed by atoms with Gasteiger partial charge in [0.2, 0.25) is 5.91 Å². The lowest BCUT2D eigenvalue weighted by atomic mass is 10.1. The van der Waals surface area contributed by atoms with Gasteiger partial charge < -0.3 is 10.2 Å². The molecule has 0 radical (unpaired) electrons. The second-order valence-electron chi connectivity index (χ2n) is 11.2. The summed E-state index contributed by atoms with van der Waals surface area (Å²) in [5.41, 5.74) is 0.922. The van der Waals surface area contributed by atoms with Gasteiger partial charge in [-0.25, -0.2) is 13.4 Å². The van der Waals surface area contributed by atoms with Crippen LogP contribution in [0.25, 0.3) is 11.3 Å². The van der Waals surface area contributed by atoms with Gasteiger partial charge in [-0.2, -0.15) is 17.5 Å². The first kappa shape index (κ1) is 32.4. The number of hydrogen-bond donors (Lipinski definition) is 1. The van der Waals surface area contributed by atoms with Gasteiger partial charge in [0, 0.05) is 51.4 Å². The second kappa shape index (κ2) is 13.2. The van der Waals surface area contributed by atoms with Gasteiger partial charge in [-0.1, -0.05) is 49.7 Å². The van der Waals surface area contributed by atoms with Gasteiger partial charge in [-0.3, -0.25) is 9.69 Å². The van der Waals surface area contributed by atoms with Crippen LogP contribution in [0.2, 0.25) is 4.34 Å². The van der Waals surface area contributed by atoms with Crippen molar-refractivity contribution in [2.45, 2.75) is 36.8 Å². The van der Waals surface area contributed by atoms with E-state index in [-0.39, 0.29) is 17.3 Å². The Balaban J connectivity index is 1.36. The molecule has 1 fully saturated rings. The van der Waals surface area contributed by atoms with Crippen molar-refractivity contribution >= 4 is 44.7 Å². The van der Waals surface area contributed by atoms with Crippen LogP contribution in [0.3, 0.4) is 0 Å². The van der Waals surface area contributed by atoms with Crippen LogP contribution in [-0.4, -0.2) is 73.8 Å². The highest BCUT2D eigenvalue weighted by atomic mass is 35.5. The molecule has 0 saturated carbocycles. The number of carbonyl (C=O) groups excluding carboxylic acids is 1. The van der Waals surface area contributed by atoms with E-state index in [2.05, 4.69) is 29.0 Å². The highest BCUT2D eigenvalue weighted by Crippen LogP contribution is 2.32. The van der Waals surface area contributed by atoms with Gasteiger partial charge in [0.1, 0.15) is 16.1 Å². The van der Waals surface area contributed by atoms with Crippen LogP contribution in [0.1, 0.15) is 25.0 Å². The fourth-order valence-corrected chi connectivity index (χ4v) is 8.41. The highest BCUT2D eigenvalue weighted by molar-refractivity contribution is 7.91. The van der Waals surface area contributed by atoms with E-state index < -0.39 is 33.7 Å². The van der Waals surface area contributed by atoms with Gasteiger partial charge in [0.05, 0.1) is 15.6 Å². The van der Waals surface area contributed by atoms with Crippen LogP contribution in [0, 0.1) is 5.92 Å². The number of alkyl halides is 3. The molecule has 1 amide bonds. The van der Waals surface area contributed by atoms with Crippen molar-refractivity contribution in [1.29, 1.82) is 0 Å². The molecule has 236 valence electrons. The summed E-state index contributed by atoms with van der Waals surface area (Å²) in [6.45, 7) is 8.63. The van der Waals surface area contributed by atoms with E-state index in [1.165, 1.54) is 24.3 Å². The molecule has 0 bridgehead atoms. The minimum absolute atomic E-state index is 0.0518. The smallest absolute Gasteiger partial charge is 0.354 e. The number of thiophene rings is 1. The van der Waals surface area contributed by atoms with E-state index in [0.29, 0.717) is 32.9 Å². The third-order valence-corrected chi connectivity index (χ3v) is 11.0. The number of hydrogen-bond acceptors (Lipinski definition) is 7. The Labute approximate surface area is 264 Å². The summed E-state index contributed by atoms with van der Waals surface area (Å²) >= 11 is 6.87. The van der Waals surface area contributed by atoms with Gasteiger partial charge >= 0.3 is 6.18 Å². The van der Waals surface area contributed by atoms with E-state index in [9.17, 15) is 26.4 Å². The Hall–Kier alpha value is -2.97. The van der Waals surface area contributed by atoms with E-state index >= 15 is 0 Å². The third-order valence-electron chi connectivity index (χ3n) is 7.46. The molecule has 44 heavy (non-hydrogen) atoms. The Bertz CT molecular complexity index is 1620. The minimum Gasteiger partial charge on any atom is -0.354 e. The molecule has 1 N–H and O–H groups in total. The number of nitrogens with one attached hydrogen (secondary N) is 1. The number of sulfonamides is 1. The maximum absolute atomic E-state index is 13.3. The monoisotopic (exact) mass is 667 g/mol. The normalized spacial score (nSPS) is 18.3. The lowest BCUT2D eigenvalue weighted by Crippen LogP contribution is -2.47. The Morgan fingerprint density at radius 3 is 2.41 bits per heavy atom. The first-order chi connectivity index (χ1) is 20.8. The quantitative estimate of drug-likeness (QED) is 0.303. The molecule has 1 saturated heterocycles. The van der Waals surface area contributed by atoms with Gasteiger partial charge in [0.15, 0.2) is 0 Å². The maximum atomic E-state index is 13.3. The standard InChI is InChI=1S/C30H33ClF3N5O3S2/c1-20(2)19-37-12-14-38(15-13-37)27-17-21(16-24(36-27)22-5-7-23(8-6-22)30(32,33)34)18-35-29(40)25-4-3-11-39(25)44(41,42)28-10-9-26(31)43-28/h3-10,16-17,20,25H,11-15,18-19H2,1-2H3,(H,35,40)/t25-/m0/s1. The number of anilines is 1. The van der Waals surface area contributed by atoms with Crippen LogP contribution in [0.15, 0.2) is 64.9 Å². The second-order valence-corrected chi connectivity index (χ2v) is 15.0. The predicted octanol–water partition coefficient (Wildman–Crippen LogP) is 5.51. The van der Waals surface area contributed by atoms with E-state index in [0.717, 1.165) is 60.5 Å². The zero-order valence-electron chi connectivity index (χ0n) is 24.2. The molecule has 4 heterocycles. The van der Waals surface area contributed by atoms with Crippen LogP contribution < -0.4 is 10.2 Å². The zero-order chi connectivity index (χ0) is 31.6. The Morgan fingerprint density at radius 1 is 1.09 bits per heavy atom. The Kier molecular flexibility index (Phi) is 9.71. The van der Waals surface area contributed by atoms with Crippen molar-refractivity contribution in [1.82, 2.24) is 19.5 Å². The van der Waals surface area contributed by atoms with Gasteiger partial charge in [0.25, 0.3) is 10.0 Å². The number of amides is 1. The number of rotatable bonds is 9. The average molecular weight is 668 g/mol. The number of halogens is 4. The molecule has 2 aliphatic rings. The first-order valence-electron chi connectivity index (χ1n) is 14.2. The first-order valence-corrected chi connectivity index (χ1v) is 16.8. The lowest BCUT2D eigenvalue weighted by molar-refractivity contribution is -0.137. The molecule has 5 rings (SSSR count). The van der Waals surface area contributed by atoms with E-state index in [1.54, 1.807) is 18.2 Å². The fourth-order valence-electron chi connectivity index (χ4n) is 5.30. The highest BCUT2D eigenvalue weighted by Gasteiger charge is 2.37. The van der Waals surface area contributed by atoms with Crippen LogP contribution in [0.4, 0.5) is 19.0 Å². The molecular formula is C30H33ClF3N5O3S2. The predicted molar refractivity (Wildman–Crippen MR) is 166 cm³/mol. The molecule has 3 aromatic rings. The van der Waals surface area contributed by atoms with Crippen molar-refractivity contribution < 1.29 is 26.4 Å². The van der Waals surface area contributed by atoms with Gasteiger partial charge in [-0.05, 0) is 47.9 Å². The van der Waals surface area contributed by atoms with Gasteiger partial charge in [-0.15, -0.1) is 11.3 Å². The third kappa shape index (κ3) is 7.45. The van der Waals surface area contributed by atoms with Crippen molar-refractivity contribution in [3.05, 3.63) is 76.1 Å². The molecule has 8 nitrogen and oxygen atoms in total. The van der Waals surface area contributed by atoms with Crippen molar-refractivity contribution in [2.24, 2.45) is 5.92 Å². The maximum Gasteiger partial charge on any atom is 0.416 e. The van der Waals surface area contributed by atoms with Crippen molar-refractivity contribution in [3.8, 4) is 11.3 Å². The molecule has 1 atom stereocenters. The van der Waals surface area contributed by atoms with E-state index in [1.807, 2.05) is 6.07 Å². The Morgan fingerprint density at radius 2 is 1.80 bits per heavy atom. The van der Waals surface area contributed by atoms with Crippen molar-refractivity contribution in [3.63, 3.8) is 0 Å². The summed E-state index contributed by atoms with van der Waals surface area (Å²) in [7, 11) is -3.94. The minimum atomic E-state index is -4.45. The molecule has 14 heteroatoms. The molecule has 2 aromatic heterocycles. The van der Waals surface area contributed by atoms with Crippen molar-refractivity contribution in [2.75, 3.05) is 44.2 Å². The summed E-state index contributed by atoms with van der Waals surface area (Å²) in [4.78, 5) is 22.6. The summed E-state index contributed by atoms with van der Waals surface area (Å²) in [6.07, 6.45) is -1.28. The topological polar surface area (TPSA) is 85.9 Å². The number of carbonyl (C=O) groups is 1. The average Bonchev–Trinajstić information content (AvgIpc) is 3.66. The molecule has 0 spiro atoms. The molecule has 0 unspecified atom stereocenters. The molecular weight excluding hydrogens is 635 g/mol. The molecule has 1 aromatic carbocycles. The van der Waals surface area contributed by atoms with Crippen LogP contribution >= 0.6 is 22.9 Å². The summed E-state index contributed by atoms with van der Waals surface area (Å²) < 4.78 is 67.5. The molecule has 0 aliphatic carbocycles. The summed E-state index contributed by atoms with van der Waals surface area (Å²) in [6, 6.07) is 10.3. The summed E-state index contributed by atoms with van der Waals surface area (Å²) in [5, 5.41) is 2.84. The number of piperazine rings is 1. The number of aromatic nitrogens is 1. The fraction of sp³-hybridized carbons (Fsp3) is 0.400. The number of nitrogens with zero attached hydrogens (tertiary/aromatic N) is 4. The summed E-state index contributed by atoms with van der Waals surface area (Å²) in [5.74, 6) is 0.707. The SMILES string of the molecule is CC(C)CN1CCN(c2cc(CNC(=O)[C@@H]3C=CCN3S(=O)(=O)c3ccc(Cl)s3)cc(-c3ccc(C(F)(F)F)cc3)n2)CC1. The number of pyridine rings is 1. The van der Waals surface area contributed by atoms with Crippen LogP contribution in [0.5, 0.6) is 0 Å². The number of benzene rings is 1. The lowest BCUT2D eigenvalue weighted by Gasteiger charge is -2.36. The van der Waals surface area contributed by atoms with E-state index in [4.69, 9.17) is 16.6 Å².